The highest BCUT2D eigenvalue weighted by atomic mass is 16.1. The van der Waals surface area contributed by atoms with Crippen LogP contribution in [-0.2, 0) is 4.79 Å². The number of hydrogen-bond acceptors (Lipinski definition) is 5. The Labute approximate surface area is 117 Å². The van der Waals surface area contributed by atoms with Crippen LogP contribution in [0, 0.1) is 6.92 Å². The fraction of sp³-hybridized carbons (Fsp3) is 0.385. The van der Waals surface area contributed by atoms with E-state index < -0.39 is 0 Å². The Morgan fingerprint density at radius 1 is 1.40 bits per heavy atom. The molecule has 0 spiro atoms. The van der Waals surface area contributed by atoms with Crippen molar-refractivity contribution in [1.29, 1.82) is 0 Å². The van der Waals surface area contributed by atoms with Crippen LogP contribution in [0.15, 0.2) is 24.5 Å². The number of hydrogen-bond donors (Lipinski definition) is 2. The number of aryl methyl sites for hydroxylation is 1. The number of amides is 1. The number of carbonyl (C=O) groups excluding carboxylic acids is 1. The molecule has 7 nitrogen and oxygen atoms in total. The molecule has 0 aliphatic rings. The second kappa shape index (κ2) is 6.76. The van der Waals surface area contributed by atoms with Gasteiger partial charge in [0.25, 0.3) is 0 Å². The molecule has 2 aromatic rings. The fourth-order valence-corrected chi connectivity index (χ4v) is 1.91. The molecule has 1 aromatic heterocycles. The predicted octanol–water partition coefficient (Wildman–Crippen LogP) is 0.909. The lowest BCUT2D eigenvalue weighted by molar-refractivity contribution is -0.116. The van der Waals surface area contributed by atoms with Gasteiger partial charge in [-0.2, -0.15) is 0 Å². The summed E-state index contributed by atoms with van der Waals surface area (Å²) in [6.45, 7) is 2.79. The molecule has 0 aliphatic heterocycles. The van der Waals surface area contributed by atoms with Crippen LogP contribution in [-0.4, -0.2) is 39.7 Å². The normalized spacial score (nSPS) is 10.5. The van der Waals surface area contributed by atoms with Crippen molar-refractivity contribution < 1.29 is 4.79 Å². The van der Waals surface area contributed by atoms with Gasteiger partial charge in [-0.05, 0) is 61.1 Å². The third-order valence-electron chi connectivity index (χ3n) is 2.91. The van der Waals surface area contributed by atoms with E-state index in [2.05, 4.69) is 26.2 Å². The summed E-state index contributed by atoms with van der Waals surface area (Å²) in [6, 6.07) is 5.64. The maximum absolute atomic E-state index is 11.7. The van der Waals surface area contributed by atoms with Gasteiger partial charge in [0.1, 0.15) is 6.33 Å². The Morgan fingerprint density at radius 2 is 2.25 bits per heavy atom. The zero-order valence-corrected chi connectivity index (χ0v) is 11.6. The van der Waals surface area contributed by atoms with Crippen LogP contribution in [0.1, 0.15) is 18.4 Å². The summed E-state index contributed by atoms with van der Waals surface area (Å²) in [5.74, 6) is 0.0230. The molecular formula is C13H18N6O. The summed E-state index contributed by atoms with van der Waals surface area (Å²) >= 11 is 0. The number of tetrazole rings is 1. The molecule has 0 unspecified atom stereocenters. The number of nitrogens with zero attached hydrogens (tertiary/aromatic N) is 4. The molecule has 0 saturated heterocycles. The third-order valence-corrected chi connectivity index (χ3v) is 2.91. The second-order valence-electron chi connectivity index (χ2n) is 4.51. The summed E-state index contributed by atoms with van der Waals surface area (Å²) in [6.07, 6.45) is 2.87. The molecule has 0 bridgehead atoms. The molecule has 7 heteroatoms. The Balaban J connectivity index is 2.00. The van der Waals surface area contributed by atoms with Crippen LogP contribution in [0.4, 0.5) is 5.69 Å². The zero-order chi connectivity index (χ0) is 14.4. The van der Waals surface area contributed by atoms with E-state index in [0.717, 1.165) is 29.9 Å². The number of rotatable bonds is 6. The molecule has 0 atom stereocenters. The first-order valence-electron chi connectivity index (χ1n) is 6.49. The predicted molar refractivity (Wildman–Crippen MR) is 75.7 cm³/mol. The minimum absolute atomic E-state index is 0.0230. The maximum atomic E-state index is 11.7. The maximum Gasteiger partial charge on any atom is 0.224 e. The number of aromatic nitrogens is 4. The van der Waals surface area contributed by atoms with Crippen molar-refractivity contribution in [1.82, 2.24) is 25.5 Å². The molecular weight excluding hydrogens is 256 g/mol. The Bertz CT molecular complexity index is 566. The van der Waals surface area contributed by atoms with Gasteiger partial charge in [0.15, 0.2) is 0 Å². The van der Waals surface area contributed by atoms with Gasteiger partial charge < -0.3 is 10.6 Å². The van der Waals surface area contributed by atoms with Gasteiger partial charge in [0.05, 0.1) is 5.69 Å². The number of nitrogens with one attached hydrogen (secondary N) is 2. The van der Waals surface area contributed by atoms with Crippen molar-refractivity contribution in [3.8, 4) is 5.69 Å². The van der Waals surface area contributed by atoms with Gasteiger partial charge in [-0.1, -0.05) is 0 Å². The SMILES string of the molecule is CNCCCC(=O)Nc1ccc(-n2cnnn2)c(C)c1. The van der Waals surface area contributed by atoms with Crippen molar-refractivity contribution in [3.05, 3.63) is 30.1 Å². The van der Waals surface area contributed by atoms with Gasteiger partial charge in [0.2, 0.25) is 5.91 Å². The van der Waals surface area contributed by atoms with Crippen LogP contribution < -0.4 is 10.6 Å². The van der Waals surface area contributed by atoms with E-state index in [0.29, 0.717) is 6.42 Å². The standard InChI is InChI=1S/C13H18N6O/c1-10-8-11(16-13(20)4-3-7-14-2)5-6-12(10)19-9-15-17-18-19/h5-6,8-9,14H,3-4,7H2,1-2H3,(H,16,20). The van der Waals surface area contributed by atoms with Crippen LogP contribution >= 0.6 is 0 Å². The molecule has 1 amide bonds. The van der Waals surface area contributed by atoms with Gasteiger partial charge in [-0.3, -0.25) is 4.79 Å². The lowest BCUT2D eigenvalue weighted by atomic mass is 10.1. The smallest absolute Gasteiger partial charge is 0.224 e. The topological polar surface area (TPSA) is 84.7 Å². The molecule has 1 aromatic carbocycles. The molecule has 0 radical (unpaired) electrons. The molecule has 0 saturated carbocycles. The Kier molecular flexibility index (Phi) is 4.78. The summed E-state index contributed by atoms with van der Waals surface area (Å²) in [7, 11) is 1.87. The van der Waals surface area contributed by atoms with Crippen molar-refractivity contribution in [2.45, 2.75) is 19.8 Å². The highest BCUT2D eigenvalue weighted by Crippen LogP contribution is 2.18. The van der Waals surface area contributed by atoms with Crippen LogP contribution in [0.25, 0.3) is 5.69 Å². The van der Waals surface area contributed by atoms with Crippen LogP contribution in [0.2, 0.25) is 0 Å². The molecule has 106 valence electrons. The van der Waals surface area contributed by atoms with E-state index in [9.17, 15) is 4.79 Å². The van der Waals surface area contributed by atoms with Gasteiger partial charge >= 0.3 is 0 Å². The highest BCUT2D eigenvalue weighted by Gasteiger charge is 2.06. The van der Waals surface area contributed by atoms with Crippen LogP contribution in [0.3, 0.4) is 0 Å². The minimum atomic E-state index is 0.0230. The van der Waals surface area contributed by atoms with E-state index in [4.69, 9.17) is 0 Å². The molecule has 0 fully saturated rings. The van der Waals surface area contributed by atoms with E-state index in [-0.39, 0.29) is 5.91 Å². The molecule has 1 heterocycles. The average molecular weight is 274 g/mol. The first-order valence-corrected chi connectivity index (χ1v) is 6.49. The molecule has 2 rings (SSSR count). The quantitative estimate of drug-likeness (QED) is 0.765. The lowest BCUT2D eigenvalue weighted by Gasteiger charge is -2.09. The Hall–Kier alpha value is -2.28. The number of anilines is 1. The van der Waals surface area contributed by atoms with E-state index >= 15 is 0 Å². The zero-order valence-electron chi connectivity index (χ0n) is 11.6. The first-order chi connectivity index (χ1) is 9.70. The number of carbonyl (C=O) groups is 1. The lowest BCUT2D eigenvalue weighted by Crippen LogP contribution is -2.15. The Morgan fingerprint density at radius 3 is 2.90 bits per heavy atom. The summed E-state index contributed by atoms with van der Waals surface area (Å²) in [4.78, 5) is 11.7. The van der Waals surface area contributed by atoms with Gasteiger partial charge in [-0.25, -0.2) is 4.68 Å². The highest BCUT2D eigenvalue weighted by molar-refractivity contribution is 5.90. The van der Waals surface area contributed by atoms with Crippen molar-refractivity contribution in [2.75, 3.05) is 18.9 Å². The minimum Gasteiger partial charge on any atom is -0.326 e. The molecule has 20 heavy (non-hydrogen) atoms. The van der Waals surface area contributed by atoms with Gasteiger partial charge in [-0.15, -0.1) is 5.10 Å². The van der Waals surface area contributed by atoms with Gasteiger partial charge in [0, 0.05) is 12.1 Å². The molecule has 0 aliphatic carbocycles. The summed E-state index contributed by atoms with van der Waals surface area (Å²) in [5.41, 5.74) is 2.67. The van der Waals surface area contributed by atoms with E-state index in [1.54, 1.807) is 11.0 Å². The fourth-order valence-electron chi connectivity index (χ4n) is 1.91. The van der Waals surface area contributed by atoms with E-state index in [1.807, 2.05) is 32.2 Å². The van der Waals surface area contributed by atoms with Crippen molar-refractivity contribution >= 4 is 11.6 Å². The van der Waals surface area contributed by atoms with Crippen molar-refractivity contribution in [2.24, 2.45) is 0 Å². The average Bonchev–Trinajstić information content (AvgIpc) is 2.93. The van der Waals surface area contributed by atoms with E-state index in [1.165, 1.54) is 0 Å². The second-order valence-corrected chi connectivity index (χ2v) is 4.51. The monoisotopic (exact) mass is 274 g/mol. The third kappa shape index (κ3) is 3.61. The van der Waals surface area contributed by atoms with Crippen LogP contribution in [0.5, 0.6) is 0 Å². The largest absolute Gasteiger partial charge is 0.326 e. The summed E-state index contributed by atoms with van der Waals surface area (Å²) in [5, 5.41) is 17.0. The first kappa shape index (κ1) is 14.1. The summed E-state index contributed by atoms with van der Waals surface area (Å²) < 4.78 is 1.59. The number of benzene rings is 1. The van der Waals surface area contributed by atoms with Crippen molar-refractivity contribution in [3.63, 3.8) is 0 Å². The molecule has 2 N–H and O–H groups in total.